The van der Waals surface area contributed by atoms with Crippen molar-refractivity contribution in [3.05, 3.63) is 12.3 Å². The Hall–Kier alpha value is -0.490. The zero-order valence-electron chi connectivity index (χ0n) is 5.02. The van der Waals surface area contributed by atoms with Crippen molar-refractivity contribution in [2.24, 2.45) is 0 Å². The van der Waals surface area contributed by atoms with Gasteiger partial charge in [-0.1, -0.05) is 6.58 Å². The normalized spacial score (nSPS) is 8.60. The lowest BCUT2D eigenvalue weighted by molar-refractivity contribution is 0.139. The fraction of sp³-hybridized carbons (Fsp3) is 0.250. The molecule has 0 bridgehead atoms. The Bertz CT molecular complexity index is 147. The highest BCUT2D eigenvalue weighted by molar-refractivity contribution is 7.94. The Kier molecular flexibility index (Phi) is 4.13. The lowest BCUT2D eigenvalue weighted by Gasteiger charge is -2.06. The summed E-state index contributed by atoms with van der Waals surface area (Å²) in [5.74, 6) is -0.225. The number of nitrogens with zero attached hydrogens (tertiary/aromatic N) is 1. The van der Waals surface area contributed by atoms with Crippen LogP contribution in [0.1, 0.15) is 0 Å². The van der Waals surface area contributed by atoms with Crippen molar-refractivity contribution in [3.8, 4) is 0 Å². The molecular weight excluding hydrogens is 174 g/mol. The third-order valence-corrected chi connectivity index (χ3v) is 0.852. The van der Waals surface area contributed by atoms with Gasteiger partial charge < -0.3 is 9.84 Å². The Labute approximate surface area is 69.6 Å². The molecule has 0 aliphatic rings. The van der Waals surface area contributed by atoms with E-state index < -0.39 is 6.09 Å². The van der Waals surface area contributed by atoms with Crippen molar-refractivity contribution in [1.29, 1.82) is 0 Å². The van der Waals surface area contributed by atoms with Gasteiger partial charge in [0.05, 0.1) is 0 Å². The van der Waals surface area contributed by atoms with Crippen LogP contribution in [0, 0.1) is 0 Å². The fourth-order valence-electron chi connectivity index (χ4n) is 0.203. The highest BCUT2D eigenvalue weighted by Crippen LogP contribution is 2.01. The second-order valence-electron chi connectivity index (χ2n) is 1.41. The topological polar surface area (TPSA) is 49.8 Å². The maximum atomic E-state index is 10.4. The first-order chi connectivity index (χ1) is 4.54. The van der Waals surface area contributed by atoms with Crippen molar-refractivity contribution >= 4 is 31.7 Å². The lowest BCUT2D eigenvalue weighted by atomic mass is 10.6. The Morgan fingerprint density at radius 1 is 1.70 bits per heavy atom. The Balaban J connectivity index is 3.50. The van der Waals surface area contributed by atoms with Crippen LogP contribution in [-0.2, 0) is 4.74 Å². The monoisotopic (exact) mass is 181 g/mol. The van der Waals surface area contributed by atoms with E-state index >= 15 is 0 Å². The number of hydrogen-bond acceptors (Lipinski definition) is 5. The number of rotatable bonds is 2. The molecular formula is C4H7NO3S2. The van der Waals surface area contributed by atoms with Crippen LogP contribution >= 0.6 is 25.6 Å². The van der Waals surface area contributed by atoms with Gasteiger partial charge >= 0.3 is 6.09 Å². The minimum atomic E-state index is -0.762. The van der Waals surface area contributed by atoms with E-state index in [1.807, 2.05) is 0 Å². The van der Waals surface area contributed by atoms with Gasteiger partial charge in [0.25, 0.3) is 0 Å². The molecule has 0 saturated carbocycles. The second kappa shape index (κ2) is 4.35. The minimum Gasteiger partial charge on any atom is -0.509 e. The molecule has 6 heteroatoms. The van der Waals surface area contributed by atoms with E-state index in [2.05, 4.69) is 36.9 Å². The van der Waals surface area contributed by atoms with E-state index in [9.17, 15) is 4.79 Å². The molecule has 0 aliphatic heterocycles. The molecule has 1 N–H and O–H groups in total. The molecule has 0 heterocycles. The molecule has 0 aliphatic carbocycles. The number of aliphatic hydroxyl groups excluding tert-OH is 1. The third-order valence-electron chi connectivity index (χ3n) is 0.526. The van der Waals surface area contributed by atoms with Crippen LogP contribution in [0.15, 0.2) is 12.3 Å². The average Bonchev–Trinajstić information content (AvgIpc) is 1.82. The fourth-order valence-corrected chi connectivity index (χ4v) is 0.318. The number of carbonyl (C=O) groups excluding carboxylic acids is 1. The molecule has 0 saturated heterocycles. The van der Waals surface area contributed by atoms with Gasteiger partial charge in [-0.05, 0) is 25.6 Å². The number of hydrogen-bond donors (Lipinski definition) is 3. The Morgan fingerprint density at radius 3 is 2.50 bits per heavy atom. The van der Waals surface area contributed by atoms with Crippen LogP contribution in [0.2, 0.25) is 0 Å². The first-order valence-corrected chi connectivity index (χ1v) is 3.05. The van der Waals surface area contributed by atoms with Crippen molar-refractivity contribution in [3.63, 3.8) is 0 Å². The highest BCUT2D eigenvalue weighted by atomic mass is 32.2. The molecule has 10 heavy (non-hydrogen) atoms. The van der Waals surface area contributed by atoms with Gasteiger partial charge in [0.2, 0.25) is 0 Å². The van der Waals surface area contributed by atoms with Crippen molar-refractivity contribution in [1.82, 2.24) is 3.71 Å². The SMILES string of the molecule is C=C(O)COC(=O)N(S)S. The van der Waals surface area contributed by atoms with Crippen LogP contribution in [0.5, 0.6) is 0 Å². The summed E-state index contributed by atoms with van der Waals surface area (Å²) in [6.07, 6.45) is -0.762. The number of carbonyl (C=O) groups is 1. The highest BCUT2D eigenvalue weighted by Gasteiger charge is 2.05. The number of aliphatic hydroxyl groups is 1. The molecule has 0 aromatic heterocycles. The molecule has 0 aromatic rings. The average molecular weight is 181 g/mol. The van der Waals surface area contributed by atoms with Crippen molar-refractivity contribution in [2.45, 2.75) is 0 Å². The molecule has 0 spiro atoms. The van der Waals surface area contributed by atoms with Crippen molar-refractivity contribution < 1.29 is 14.6 Å². The quantitative estimate of drug-likeness (QED) is 0.443. The van der Waals surface area contributed by atoms with Gasteiger partial charge in [0.15, 0.2) is 0 Å². The molecule has 0 radical (unpaired) electrons. The predicted molar refractivity (Wildman–Crippen MR) is 42.9 cm³/mol. The van der Waals surface area contributed by atoms with Gasteiger partial charge in [-0.15, -0.1) is 0 Å². The first kappa shape index (κ1) is 9.51. The maximum absolute atomic E-state index is 10.4. The summed E-state index contributed by atoms with van der Waals surface area (Å²) in [5.41, 5.74) is 0. The van der Waals surface area contributed by atoms with Gasteiger partial charge in [-0.3, -0.25) is 0 Å². The summed E-state index contributed by atoms with van der Waals surface area (Å²) < 4.78 is 5.01. The minimum absolute atomic E-state index is 0.225. The van der Waals surface area contributed by atoms with E-state index in [0.29, 0.717) is 3.71 Å². The molecule has 0 atom stereocenters. The van der Waals surface area contributed by atoms with E-state index in [4.69, 9.17) is 5.11 Å². The molecule has 4 nitrogen and oxygen atoms in total. The molecule has 0 fully saturated rings. The van der Waals surface area contributed by atoms with Gasteiger partial charge in [0, 0.05) is 0 Å². The van der Waals surface area contributed by atoms with E-state index in [1.165, 1.54) is 0 Å². The standard InChI is InChI=1S/C4H7NO3S2/c1-3(6)2-8-4(7)5(9)10/h6,9-10H,1-2H2. The van der Waals surface area contributed by atoms with Gasteiger partial charge in [0.1, 0.15) is 12.4 Å². The van der Waals surface area contributed by atoms with Crippen LogP contribution in [0.4, 0.5) is 4.79 Å². The van der Waals surface area contributed by atoms with E-state index in [0.717, 1.165) is 0 Å². The predicted octanol–water partition coefficient (Wildman–Crippen LogP) is 1.19. The summed E-state index contributed by atoms with van der Waals surface area (Å²) in [4.78, 5) is 10.4. The molecule has 1 amide bonds. The molecule has 58 valence electrons. The Morgan fingerprint density at radius 2 is 2.20 bits per heavy atom. The summed E-state index contributed by atoms with van der Waals surface area (Å²) >= 11 is 7.01. The summed E-state index contributed by atoms with van der Waals surface area (Å²) in [6, 6.07) is 0. The molecule has 0 rings (SSSR count). The van der Waals surface area contributed by atoms with Gasteiger partial charge in [-0.2, -0.15) is 3.71 Å². The zero-order chi connectivity index (χ0) is 8.15. The molecule has 0 aromatic carbocycles. The zero-order valence-corrected chi connectivity index (χ0v) is 6.81. The summed E-state index contributed by atoms with van der Waals surface area (Å²) in [5, 5.41) is 8.44. The number of ether oxygens (including phenoxy) is 1. The molecule has 0 unspecified atom stereocenters. The van der Waals surface area contributed by atoms with Crippen LogP contribution in [-0.4, -0.2) is 21.5 Å². The van der Waals surface area contributed by atoms with Crippen LogP contribution in [0.3, 0.4) is 0 Å². The van der Waals surface area contributed by atoms with Gasteiger partial charge in [-0.25, -0.2) is 4.79 Å². The van der Waals surface area contributed by atoms with Crippen LogP contribution in [0.25, 0.3) is 0 Å². The summed E-state index contributed by atoms with van der Waals surface area (Å²) in [6.45, 7) is 2.86. The van der Waals surface area contributed by atoms with Crippen LogP contribution < -0.4 is 0 Å². The maximum Gasteiger partial charge on any atom is 0.430 e. The number of amides is 1. The smallest absolute Gasteiger partial charge is 0.430 e. The summed E-state index contributed by atoms with van der Waals surface area (Å²) in [7, 11) is 0. The van der Waals surface area contributed by atoms with E-state index in [1.54, 1.807) is 0 Å². The second-order valence-corrected chi connectivity index (χ2v) is 2.53. The first-order valence-electron chi connectivity index (χ1n) is 2.25. The van der Waals surface area contributed by atoms with E-state index in [-0.39, 0.29) is 12.4 Å². The van der Waals surface area contributed by atoms with Crippen molar-refractivity contribution in [2.75, 3.05) is 6.61 Å². The third kappa shape index (κ3) is 4.39. The largest absolute Gasteiger partial charge is 0.509 e. The lowest BCUT2D eigenvalue weighted by Crippen LogP contribution is -2.14. The number of thiol groups is 2.